The van der Waals surface area contributed by atoms with Gasteiger partial charge in [-0.05, 0) is 48.9 Å². The van der Waals surface area contributed by atoms with Gasteiger partial charge in [-0.3, -0.25) is 9.52 Å². The van der Waals surface area contributed by atoms with Gasteiger partial charge in [0.05, 0.1) is 28.7 Å². The molecule has 2 heterocycles. The fourth-order valence-corrected chi connectivity index (χ4v) is 4.80. The molecule has 0 saturated heterocycles. The third kappa shape index (κ3) is 4.53. The molecule has 3 aromatic rings. The summed E-state index contributed by atoms with van der Waals surface area (Å²) in [6, 6.07) is 8.88. The van der Waals surface area contributed by atoms with Crippen molar-refractivity contribution >= 4 is 38.7 Å². The van der Waals surface area contributed by atoms with Crippen molar-refractivity contribution in [1.29, 1.82) is 0 Å². The number of fused-ring (bicyclic) bond motifs is 1. The zero-order valence-corrected chi connectivity index (χ0v) is 18.5. The van der Waals surface area contributed by atoms with Gasteiger partial charge in [-0.15, -0.1) is 0 Å². The summed E-state index contributed by atoms with van der Waals surface area (Å²) in [4.78, 5) is 12.8. The number of sulfonamides is 1. The van der Waals surface area contributed by atoms with Crippen molar-refractivity contribution in [3.8, 4) is 11.3 Å². The monoisotopic (exact) mass is 462 g/mol. The molecule has 10 heteroatoms. The van der Waals surface area contributed by atoms with Crippen LogP contribution in [0.1, 0.15) is 41.1 Å². The maximum Gasteiger partial charge on any atom is 0.255 e. The molecular formula is C21H23ClN4O4S. The highest BCUT2D eigenvalue weighted by Gasteiger charge is 2.30. The molecular weight excluding hydrogens is 440 g/mol. The summed E-state index contributed by atoms with van der Waals surface area (Å²) >= 11 is 6.00. The van der Waals surface area contributed by atoms with Crippen LogP contribution in [-0.4, -0.2) is 48.5 Å². The summed E-state index contributed by atoms with van der Waals surface area (Å²) in [7, 11) is -2.06. The topological polar surface area (TPSA) is 113 Å². The minimum absolute atomic E-state index is 0.152. The Labute approximate surface area is 185 Å². The largest absolute Gasteiger partial charge is 0.396 e. The van der Waals surface area contributed by atoms with Crippen molar-refractivity contribution in [2.24, 2.45) is 0 Å². The predicted molar refractivity (Wildman–Crippen MR) is 120 cm³/mol. The van der Waals surface area contributed by atoms with Gasteiger partial charge in [0.2, 0.25) is 10.0 Å². The maximum atomic E-state index is 12.8. The van der Waals surface area contributed by atoms with Crippen LogP contribution in [0.4, 0.5) is 5.69 Å². The van der Waals surface area contributed by atoms with E-state index in [0.717, 1.165) is 24.0 Å². The summed E-state index contributed by atoms with van der Waals surface area (Å²) in [5.74, 6) is -0.227. The average Bonchev–Trinajstić information content (AvgIpc) is 3.52. The number of nitrogens with one attached hydrogen (secondary N) is 2. The maximum absolute atomic E-state index is 12.8. The molecule has 1 aliphatic rings. The number of aromatic nitrogens is 2. The van der Waals surface area contributed by atoms with Gasteiger partial charge in [0.25, 0.3) is 5.91 Å². The fraction of sp³-hybridized carbons (Fsp3) is 0.333. The summed E-state index contributed by atoms with van der Waals surface area (Å²) in [5, 5.41) is 16.8. The lowest BCUT2D eigenvalue weighted by Crippen LogP contribution is -2.19. The quantitative estimate of drug-likeness (QED) is 0.476. The van der Waals surface area contributed by atoms with Crippen LogP contribution in [-0.2, 0) is 10.0 Å². The Bertz CT molecular complexity index is 1230. The zero-order chi connectivity index (χ0) is 22.2. The van der Waals surface area contributed by atoms with E-state index in [0.29, 0.717) is 27.5 Å². The number of aliphatic hydroxyl groups excluding tert-OH is 1. The summed E-state index contributed by atoms with van der Waals surface area (Å²) in [6.45, 7) is -0.200. The number of rotatable bonds is 8. The minimum Gasteiger partial charge on any atom is -0.396 e. The van der Waals surface area contributed by atoms with E-state index in [-0.39, 0.29) is 30.6 Å². The number of aliphatic hydroxyl groups is 1. The first-order valence-electron chi connectivity index (χ1n) is 9.98. The Morgan fingerprint density at radius 3 is 2.61 bits per heavy atom. The SMILES string of the molecule is CNC(=O)c1c(-c2ccc(Cl)cc2)nn2cc(NS(=O)(=O)CCCO)c(C3CC3)cc12. The van der Waals surface area contributed by atoms with Crippen molar-refractivity contribution in [1.82, 2.24) is 14.9 Å². The number of hydrogen-bond acceptors (Lipinski definition) is 5. The highest BCUT2D eigenvalue weighted by Crippen LogP contribution is 2.45. The first-order valence-corrected chi connectivity index (χ1v) is 12.0. The summed E-state index contributed by atoms with van der Waals surface area (Å²) in [5.41, 5.74) is 3.52. The molecule has 1 saturated carbocycles. The number of carbonyl (C=O) groups excluding carboxylic acids is 1. The molecule has 2 aromatic heterocycles. The molecule has 4 rings (SSSR count). The normalized spacial score (nSPS) is 14.0. The Hall–Kier alpha value is -2.62. The second-order valence-corrected chi connectivity index (χ2v) is 9.83. The number of benzene rings is 1. The van der Waals surface area contributed by atoms with Crippen LogP contribution in [0.25, 0.3) is 16.8 Å². The molecule has 1 aromatic carbocycles. The lowest BCUT2D eigenvalue weighted by Gasteiger charge is -2.13. The Morgan fingerprint density at radius 1 is 1.29 bits per heavy atom. The van der Waals surface area contributed by atoms with Crippen molar-refractivity contribution in [3.05, 3.63) is 52.7 Å². The predicted octanol–water partition coefficient (Wildman–Crippen LogP) is 3.02. The standard InChI is InChI=1S/C21H23ClN4O4S/c1-23-21(28)19-18-11-16(13-3-4-13)17(25-31(29,30)10-2-9-27)12-26(18)24-20(19)14-5-7-15(22)8-6-14/h5-8,11-13,25,27H,2-4,9-10H2,1H3,(H,23,28). The molecule has 0 aliphatic heterocycles. The van der Waals surface area contributed by atoms with Gasteiger partial charge in [0.1, 0.15) is 5.69 Å². The van der Waals surface area contributed by atoms with Gasteiger partial charge in [-0.2, -0.15) is 5.10 Å². The van der Waals surface area contributed by atoms with Gasteiger partial charge in [0, 0.05) is 24.2 Å². The lowest BCUT2D eigenvalue weighted by molar-refractivity contribution is 0.0965. The van der Waals surface area contributed by atoms with E-state index in [1.807, 2.05) is 6.07 Å². The van der Waals surface area contributed by atoms with E-state index >= 15 is 0 Å². The van der Waals surface area contributed by atoms with E-state index in [2.05, 4.69) is 15.1 Å². The highest BCUT2D eigenvalue weighted by atomic mass is 35.5. The number of pyridine rings is 1. The van der Waals surface area contributed by atoms with Crippen LogP contribution in [0.15, 0.2) is 36.5 Å². The molecule has 0 bridgehead atoms. The molecule has 8 nitrogen and oxygen atoms in total. The molecule has 0 spiro atoms. The first-order chi connectivity index (χ1) is 14.8. The average molecular weight is 463 g/mol. The van der Waals surface area contributed by atoms with Gasteiger partial charge < -0.3 is 10.4 Å². The minimum atomic E-state index is -3.62. The Balaban J connectivity index is 1.87. The number of hydrogen-bond donors (Lipinski definition) is 3. The molecule has 31 heavy (non-hydrogen) atoms. The fourth-order valence-electron chi connectivity index (χ4n) is 3.56. The molecule has 1 aliphatic carbocycles. The van der Waals surface area contributed by atoms with E-state index in [1.165, 1.54) is 4.52 Å². The van der Waals surface area contributed by atoms with Crippen molar-refractivity contribution in [3.63, 3.8) is 0 Å². The third-order valence-corrected chi connectivity index (χ3v) is 6.84. The highest BCUT2D eigenvalue weighted by molar-refractivity contribution is 7.92. The zero-order valence-electron chi connectivity index (χ0n) is 16.9. The van der Waals surface area contributed by atoms with Crippen LogP contribution >= 0.6 is 11.6 Å². The van der Waals surface area contributed by atoms with Crippen LogP contribution in [0.2, 0.25) is 5.02 Å². The van der Waals surface area contributed by atoms with Gasteiger partial charge in [0.15, 0.2) is 0 Å². The molecule has 1 amide bonds. The van der Waals surface area contributed by atoms with Gasteiger partial charge >= 0.3 is 0 Å². The van der Waals surface area contributed by atoms with Crippen LogP contribution < -0.4 is 10.0 Å². The molecule has 0 unspecified atom stereocenters. The summed E-state index contributed by atoms with van der Waals surface area (Å²) < 4.78 is 29.1. The van der Waals surface area contributed by atoms with Gasteiger partial charge in [-0.1, -0.05) is 23.7 Å². The van der Waals surface area contributed by atoms with Gasteiger partial charge in [-0.25, -0.2) is 12.9 Å². The van der Waals surface area contributed by atoms with Crippen molar-refractivity contribution < 1.29 is 18.3 Å². The van der Waals surface area contributed by atoms with Crippen molar-refractivity contribution in [2.75, 3.05) is 24.1 Å². The van der Waals surface area contributed by atoms with Crippen LogP contribution in [0.3, 0.4) is 0 Å². The lowest BCUT2D eigenvalue weighted by atomic mass is 10.0. The summed E-state index contributed by atoms with van der Waals surface area (Å²) in [6.07, 6.45) is 3.68. The van der Waals surface area contributed by atoms with E-state index in [4.69, 9.17) is 16.7 Å². The smallest absolute Gasteiger partial charge is 0.255 e. The first kappa shape index (κ1) is 21.6. The molecule has 0 atom stereocenters. The second-order valence-electron chi connectivity index (χ2n) is 7.55. The molecule has 1 fully saturated rings. The molecule has 0 radical (unpaired) electrons. The number of amides is 1. The number of anilines is 1. The second kappa shape index (κ2) is 8.49. The number of nitrogens with zero attached hydrogens (tertiary/aromatic N) is 2. The molecule has 3 N–H and O–H groups in total. The number of carbonyl (C=O) groups is 1. The Morgan fingerprint density at radius 2 is 2.00 bits per heavy atom. The molecule has 164 valence electrons. The Kier molecular flexibility index (Phi) is 5.92. The van der Waals surface area contributed by atoms with Crippen LogP contribution in [0.5, 0.6) is 0 Å². The van der Waals surface area contributed by atoms with E-state index in [9.17, 15) is 13.2 Å². The van der Waals surface area contributed by atoms with E-state index in [1.54, 1.807) is 37.5 Å². The number of halogens is 1. The van der Waals surface area contributed by atoms with Crippen molar-refractivity contribution in [2.45, 2.75) is 25.2 Å². The van der Waals surface area contributed by atoms with E-state index < -0.39 is 10.0 Å². The van der Waals surface area contributed by atoms with Crippen LogP contribution in [0, 0.1) is 0 Å². The third-order valence-electron chi connectivity index (χ3n) is 5.23.